The first kappa shape index (κ1) is 17.5. The fraction of sp³-hybridized carbons (Fsp3) is 0.0455. The monoisotopic (exact) mass is 370 g/mol. The number of hydrogen-bond acceptors (Lipinski definition) is 4. The van der Waals surface area contributed by atoms with Crippen molar-refractivity contribution in [2.45, 2.75) is 0 Å². The number of methoxy groups -OCH3 is 1. The molecule has 1 N–H and O–H groups in total. The number of azo groups is 1. The summed E-state index contributed by atoms with van der Waals surface area (Å²) >= 11 is 0. The Balaban J connectivity index is 1.81. The van der Waals surface area contributed by atoms with Crippen LogP contribution in [0, 0.1) is 0 Å². The number of rotatable bonds is 5. The average molecular weight is 370 g/mol. The average Bonchev–Trinajstić information content (AvgIpc) is 3.10. The van der Waals surface area contributed by atoms with Gasteiger partial charge in [0, 0.05) is 5.56 Å². The third kappa shape index (κ3) is 3.48. The van der Waals surface area contributed by atoms with Crippen LogP contribution < -0.4 is 10.3 Å². The maximum atomic E-state index is 13.0. The number of para-hydroxylation sites is 1. The molecule has 4 aromatic rings. The third-order valence-corrected chi connectivity index (χ3v) is 4.28. The lowest BCUT2D eigenvalue weighted by atomic mass is 10.1. The fourth-order valence-electron chi connectivity index (χ4n) is 2.84. The zero-order valence-electron chi connectivity index (χ0n) is 15.2. The number of aromatic amines is 1. The zero-order valence-corrected chi connectivity index (χ0v) is 15.2. The molecule has 6 nitrogen and oxygen atoms in total. The van der Waals surface area contributed by atoms with E-state index in [1.165, 1.54) is 4.68 Å². The molecule has 0 bridgehead atoms. The fourth-order valence-corrected chi connectivity index (χ4v) is 2.84. The van der Waals surface area contributed by atoms with Crippen LogP contribution in [0.3, 0.4) is 0 Å². The largest absolute Gasteiger partial charge is 0.497 e. The van der Waals surface area contributed by atoms with E-state index in [1.54, 1.807) is 31.4 Å². The zero-order chi connectivity index (χ0) is 19.3. The Labute approximate surface area is 161 Å². The molecule has 0 aliphatic carbocycles. The van der Waals surface area contributed by atoms with E-state index in [-0.39, 0.29) is 11.2 Å². The van der Waals surface area contributed by atoms with Crippen LogP contribution in [0.1, 0.15) is 0 Å². The second kappa shape index (κ2) is 7.75. The van der Waals surface area contributed by atoms with Crippen molar-refractivity contribution in [2.75, 3.05) is 7.11 Å². The molecule has 4 rings (SSSR count). The Morgan fingerprint density at radius 2 is 1.46 bits per heavy atom. The van der Waals surface area contributed by atoms with E-state index in [1.807, 2.05) is 60.7 Å². The molecule has 6 heteroatoms. The lowest BCUT2D eigenvalue weighted by molar-refractivity contribution is 0.415. The van der Waals surface area contributed by atoms with Crippen LogP contribution in [0.15, 0.2) is 100.0 Å². The molecule has 0 aliphatic rings. The van der Waals surface area contributed by atoms with Gasteiger partial charge in [0.2, 0.25) is 0 Å². The number of aromatic nitrogens is 2. The predicted octanol–water partition coefficient (Wildman–Crippen LogP) is 5.26. The van der Waals surface area contributed by atoms with Gasteiger partial charge in [-0.1, -0.05) is 48.5 Å². The molecular formula is C22H18N4O2. The van der Waals surface area contributed by atoms with Crippen molar-refractivity contribution >= 4 is 11.4 Å². The number of ether oxygens (including phenoxy) is 1. The second-order valence-corrected chi connectivity index (χ2v) is 6.08. The molecule has 138 valence electrons. The maximum absolute atomic E-state index is 13.0. The van der Waals surface area contributed by atoms with Gasteiger partial charge >= 0.3 is 0 Å². The Bertz CT molecular complexity index is 1140. The Kier molecular flexibility index (Phi) is 4.84. The minimum Gasteiger partial charge on any atom is -0.497 e. The molecular weight excluding hydrogens is 352 g/mol. The van der Waals surface area contributed by atoms with Crippen LogP contribution in [0.2, 0.25) is 0 Å². The molecule has 0 atom stereocenters. The van der Waals surface area contributed by atoms with Crippen molar-refractivity contribution in [1.29, 1.82) is 0 Å². The van der Waals surface area contributed by atoms with Gasteiger partial charge in [-0.25, -0.2) is 4.68 Å². The van der Waals surface area contributed by atoms with E-state index in [0.717, 1.165) is 17.0 Å². The van der Waals surface area contributed by atoms with Gasteiger partial charge in [0.1, 0.15) is 5.75 Å². The quantitative estimate of drug-likeness (QED) is 0.487. The lowest BCUT2D eigenvalue weighted by Crippen LogP contribution is -2.13. The van der Waals surface area contributed by atoms with Gasteiger partial charge < -0.3 is 4.74 Å². The highest BCUT2D eigenvalue weighted by atomic mass is 16.5. The van der Waals surface area contributed by atoms with Crippen molar-refractivity contribution in [3.63, 3.8) is 0 Å². The summed E-state index contributed by atoms with van der Waals surface area (Å²) in [5, 5.41) is 11.7. The molecule has 0 fully saturated rings. The van der Waals surface area contributed by atoms with E-state index in [2.05, 4.69) is 15.3 Å². The molecule has 3 aromatic carbocycles. The van der Waals surface area contributed by atoms with Crippen molar-refractivity contribution < 1.29 is 4.74 Å². The summed E-state index contributed by atoms with van der Waals surface area (Å²) in [6.07, 6.45) is 0. The van der Waals surface area contributed by atoms with Crippen LogP contribution >= 0.6 is 0 Å². The van der Waals surface area contributed by atoms with Crippen LogP contribution in [-0.2, 0) is 0 Å². The SMILES string of the molecule is COc1ccc(N=Nc2c(-c3ccccc3)[nH]n(-c3ccccc3)c2=O)cc1. The Hall–Kier alpha value is -3.93. The van der Waals surface area contributed by atoms with E-state index in [4.69, 9.17) is 4.74 Å². The van der Waals surface area contributed by atoms with E-state index >= 15 is 0 Å². The molecule has 0 aliphatic heterocycles. The Morgan fingerprint density at radius 3 is 2.11 bits per heavy atom. The first-order valence-electron chi connectivity index (χ1n) is 8.78. The minimum atomic E-state index is -0.262. The van der Waals surface area contributed by atoms with Gasteiger partial charge in [0.05, 0.1) is 24.2 Å². The van der Waals surface area contributed by atoms with Gasteiger partial charge in [0.15, 0.2) is 5.69 Å². The number of hydrogen-bond donors (Lipinski definition) is 1. The molecule has 0 spiro atoms. The molecule has 28 heavy (non-hydrogen) atoms. The summed E-state index contributed by atoms with van der Waals surface area (Å²) < 4.78 is 6.63. The van der Waals surface area contributed by atoms with Crippen molar-refractivity contribution in [3.8, 4) is 22.7 Å². The Morgan fingerprint density at radius 1 is 0.821 bits per heavy atom. The standard InChI is InChI=1S/C22H18N4O2/c1-28-19-14-12-17(13-15-19)23-24-21-20(16-8-4-2-5-9-16)25-26(22(21)27)18-10-6-3-7-11-18/h2-15,25H,1H3. The van der Waals surface area contributed by atoms with Gasteiger partial charge in [-0.2, -0.15) is 5.11 Å². The van der Waals surface area contributed by atoms with Crippen LogP contribution in [0.25, 0.3) is 16.9 Å². The van der Waals surface area contributed by atoms with Gasteiger partial charge in [0.25, 0.3) is 5.56 Å². The lowest BCUT2D eigenvalue weighted by Gasteiger charge is -2.01. The molecule has 1 heterocycles. The summed E-state index contributed by atoms with van der Waals surface area (Å²) in [5.41, 5.74) is 2.83. The molecule has 1 aromatic heterocycles. The van der Waals surface area contributed by atoms with E-state index < -0.39 is 0 Å². The first-order chi connectivity index (χ1) is 13.8. The van der Waals surface area contributed by atoms with E-state index in [9.17, 15) is 4.79 Å². The molecule has 0 unspecified atom stereocenters. The predicted molar refractivity (Wildman–Crippen MR) is 109 cm³/mol. The van der Waals surface area contributed by atoms with Crippen molar-refractivity contribution in [1.82, 2.24) is 9.78 Å². The van der Waals surface area contributed by atoms with Gasteiger partial charge in [-0.3, -0.25) is 9.89 Å². The highest BCUT2D eigenvalue weighted by Gasteiger charge is 2.16. The number of H-pyrrole nitrogens is 1. The van der Waals surface area contributed by atoms with Crippen molar-refractivity contribution in [2.24, 2.45) is 10.2 Å². The number of nitrogens with zero attached hydrogens (tertiary/aromatic N) is 3. The van der Waals surface area contributed by atoms with E-state index in [0.29, 0.717) is 11.4 Å². The number of benzene rings is 3. The number of nitrogens with one attached hydrogen (secondary N) is 1. The highest BCUT2D eigenvalue weighted by Crippen LogP contribution is 2.28. The summed E-state index contributed by atoms with van der Waals surface area (Å²) in [7, 11) is 1.61. The van der Waals surface area contributed by atoms with Gasteiger partial charge in [-0.15, -0.1) is 5.11 Å². The summed E-state index contributed by atoms with van der Waals surface area (Å²) in [4.78, 5) is 13.0. The second-order valence-electron chi connectivity index (χ2n) is 6.08. The van der Waals surface area contributed by atoms with Crippen LogP contribution in [0.4, 0.5) is 11.4 Å². The third-order valence-electron chi connectivity index (χ3n) is 4.28. The van der Waals surface area contributed by atoms with Crippen LogP contribution in [-0.4, -0.2) is 16.9 Å². The summed E-state index contributed by atoms with van der Waals surface area (Å²) in [6.45, 7) is 0. The topological polar surface area (TPSA) is 71.7 Å². The molecule has 0 saturated heterocycles. The van der Waals surface area contributed by atoms with Crippen LogP contribution in [0.5, 0.6) is 5.75 Å². The smallest absolute Gasteiger partial charge is 0.299 e. The van der Waals surface area contributed by atoms with Gasteiger partial charge in [-0.05, 0) is 36.4 Å². The summed E-state index contributed by atoms with van der Waals surface area (Å²) in [5.74, 6) is 0.733. The maximum Gasteiger partial charge on any atom is 0.299 e. The molecule has 0 saturated carbocycles. The first-order valence-corrected chi connectivity index (χ1v) is 8.78. The minimum absolute atomic E-state index is 0.255. The normalized spacial score (nSPS) is 11.0. The molecule has 0 radical (unpaired) electrons. The molecule has 0 amide bonds. The summed E-state index contributed by atoms with van der Waals surface area (Å²) in [6, 6.07) is 26.1. The highest BCUT2D eigenvalue weighted by molar-refractivity contribution is 5.71. The van der Waals surface area contributed by atoms with Crippen molar-refractivity contribution in [3.05, 3.63) is 95.3 Å².